The number of hydrogen-bond donors (Lipinski definition) is 3. The van der Waals surface area contributed by atoms with E-state index in [9.17, 15) is 27.6 Å². The molecule has 2 aromatic rings. The van der Waals surface area contributed by atoms with Gasteiger partial charge in [0.25, 0.3) is 5.92 Å². The van der Waals surface area contributed by atoms with Crippen molar-refractivity contribution in [2.75, 3.05) is 17.7 Å². The smallest absolute Gasteiger partial charge is 0.312 e. The van der Waals surface area contributed by atoms with Crippen molar-refractivity contribution in [1.82, 2.24) is 25.6 Å². The van der Waals surface area contributed by atoms with Crippen molar-refractivity contribution in [3.05, 3.63) is 41.5 Å². The predicted octanol–water partition coefficient (Wildman–Crippen LogP) is 1.92. The standard InChI is InChI=1S/C20H21F3N6O3S/c1-11-6-12(2-3-13(11)21)25-16(30)14-4-5-29(10-33-14)18(32)17(31)26-19(8-20(22,23)9-19)15-7-24-28-27-15/h2-3,6-7,14H,4-5,8-10H2,1H3,(H,25,30)(H,26,31)(H,24,27,28)/t14-/m1/s1. The number of aromatic amines is 1. The van der Waals surface area contributed by atoms with Crippen molar-refractivity contribution < 1.29 is 27.6 Å². The van der Waals surface area contributed by atoms with E-state index in [0.29, 0.717) is 17.7 Å². The highest BCUT2D eigenvalue weighted by Crippen LogP contribution is 2.50. The summed E-state index contributed by atoms with van der Waals surface area (Å²) in [7, 11) is 0. The fourth-order valence-electron chi connectivity index (χ4n) is 3.92. The van der Waals surface area contributed by atoms with Gasteiger partial charge in [-0.2, -0.15) is 15.4 Å². The lowest BCUT2D eigenvalue weighted by molar-refractivity contribution is -0.159. The molecule has 1 aromatic carbocycles. The average Bonchev–Trinajstić information content (AvgIpc) is 3.30. The molecule has 1 aliphatic carbocycles. The van der Waals surface area contributed by atoms with Crippen LogP contribution in [0.15, 0.2) is 24.4 Å². The second-order valence-corrected chi connectivity index (χ2v) is 9.36. The lowest BCUT2D eigenvalue weighted by Crippen LogP contribution is -2.62. The van der Waals surface area contributed by atoms with E-state index in [1.807, 2.05) is 0 Å². The minimum Gasteiger partial charge on any atom is -0.336 e. The third-order valence-electron chi connectivity index (χ3n) is 5.67. The van der Waals surface area contributed by atoms with E-state index >= 15 is 0 Å². The number of hydrogen-bond acceptors (Lipinski definition) is 6. The summed E-state index contributed by atoms with van der Waals surface area (Å²) in [6.07, 6.45) is 0.182. The van der Waals surface area contributed by atoms with Gasteiger partial charge in [0.15, 0.2) is 0 Å². The van der Waals surface area contributed by atoms with Crippen molar-refractivity contribution in [3.63, 3.8) is 0 Å². The maximum atomic E-state index is 13.6. The molecular weight excluding hydrogens is 461 g/mol. The summed E-state index contributed by atoms with van der Waals surface area (Å²) in [4.78, 5) is 38.9. The van der Waals surface area contributed by atoms with Gasteiger partial charge in [0.1, 0.15) is 11.5 Å². The van der Waals surface area contributed by atoms with E-state index in [0.717, 1.165) is 0 Å². The van der Waals surface area contributed by atoms with Crippen LogP contribution in [0.25, 0.3) is 0 Å². The highest BCUT2D eigenvalue weighted by Gasteiger charge is 2.60. The van der Waals surface area contributed by atoms with Gasteiger partial charge in [-0.3, -0.25) is 14.4 Å². The number of carbonyl (C=O) groups excluding carboxylic acids is 3. The predicted molar refractivity (Wildman–Crippen MR) is 113 cm³/mol. The molecule has 0 spiro atoms. The number of thioether (sulfide) groups is 1. The molecule has 3 amide bonds. The van der Waals surface area contributed by atoms with Gasteiger partial charge in [-0.15, -0.1) is 11.8 Å². The Balaban J connectivity index is 1.32. The molecule has 176 valence electrons. The Kier molecular flexibility index (Phi) is 6.08. The summed E-state index contributed by atoms with van der Waals surface area (Å²) in [5.41, 5.74) is -0.454. The van der Waals surface area contributed by atoms with Crippen LogP contribution in [0, 0.1) is 12.7 Å². The van der Waals surface area contributed by atoms with Gasteiger partial charge in [-0.25, -0.2) is 13.2 Å². The van der Waals surface area contributed by atoms with E-state index in [1.54, 1.807) is 6.92 Å². The van der Waals surface area contributed by atoms with Crippen LogP contribution < -0.4 is 10.6 Å². The number of anilines is 1. The number of nitrogens with one attached hydrogen (secondary N) is 3. The van der Waals surface area contributed by atoms with Crippen LogP contribution in [-0.2, 0) is 19.9 Å². The van der Waals surface area contributed by atoms with Gasteiger partial charge in [0, 0.05) is 25.1 Å². The van der Waals surface area contributed by atoms with E-state index in [4.69, 9.17) is 0 Å². The maximum Gasteiger partial charge on any atom is 0.312 e. The molecule has 1 saturated carbocycles. The molecule has 0 bridgehead atoms. The molecule has 1 aromatic heterocycles. The molecule has 0 radical (unpaired) electrons. The Morgan fingerprint density at radius 1 is 1.27 bits per heavy atom. The van der Waals surface area contributed by atoms with Crippen molar-refractivity contribution >= 4 is 35.2 Å². The Hall–Kier alpha value is -3.09. The van der Waals surface area contributed by atoms with Crippen LogP contribution in [0.5, 0.6) is 0 Å². The van der Waals surface area contributed by atoms with Crippen LogP contribution in [0.2, 0.25) is 0 Å². The molecule has 2 fully saturated rings. The molecule has 4 rings (SSSR count). The van der Waals surface area contributed by atoms with Gasteiger partial charge < -0.3 is 15.5 Å². The highest BCUT2D eigenvalue weighted by atomic mass is 32.2. The molecular formula is C20H21F3N6O3S. The first-order valence-electron chi connectivity index (χ1n) is 10.1. The molecule has 9 nitrogen and oxygen atoms in total. The summed E-state index contributed by atoms with van der Waals surface area (Å²) >= 11 is 1.18. The second kappa shape index (κ2) is 8.69. The Bertz CT molecular complexity index is 1070. The third-order valence-corrected chi connectivity index (χ3v) is 6.98. The monoisotopic (exact) mass is 482 g/mol. The Morgan fingerprint density at radius 3 is 2.61 bits per heavy atom. The number of alkyl halides is 2. The van der Waals surface area contributed by atoms with Gasteiger partial charge >= 0.3 is 11.8 Å². The number of H-pyrrole nitrogens is 1. The first-order chi connectivity index (χ1) is 15.6. The van der Waals surface area contributed by atoms with E-state index < -0.39 is 41.4 Å². The second-order valence-electron chi connectivity index (χ2n) is 8.20. The Labute approximate surface area is 190 Å². The number of benzene rings is 1. The number of halogens is 3. The van der Waals surface area contributed by atoms with E-state index in [2.05, 4.69) is 26.0 Å². The molecule has 3 N–H and O–H groups in total. The van der Waals surface area contributed by atoms with Crippen LogP contribution in [-0.4, -0.2) is 61.6 Å². The Morgan fingerprint density at radius 2 is 2.03 bits per heavy atom. The summed E-state index contributed by atoms with van der Waals surface area (Å²) < 4.78 is 40.6. The van der Waals surface area contributed by atoms with E-state index in [1.165, 1.54) is 41.1 Å². The van der Waals surface area contributed by atoms with E-state index in [-0.39, 0.29) is 29.8 Å². The zero-order valence-electron chi connectivity index (χ0n) is 17.5. The molecule has 1 aliphatic heterocycles. The molecule has 0 unspecified atom stereocenters. The third kappa shape index (κ3) is 4.82. The van der Waals surface area contributed by atoms with Gasteiger partial charge in [0.2, 0.25) is 5.91 Å². The molecule has 33 heavy (non-hydrogen) atoms. The quantitative estimate of drug-likeness (QED) is 0.573. The van der Waals surface area contributed by atoms with Crippen molar-refractivity contribution in [2.24, 2.45) is 0 Å². The lowest BCUT2D eigenvalue weighted by Gasteiger charge is -2.46. The molecule has 2 heterocycles. The largest absolute Gasteiger partial charge is 0.336 e. The van der Waals surface area contributed by atoms with Crippen LogP contribution in [0.4, 0.5) is 18.9 Å². The van der Waals surface area contributed by atoms with Crippen LogP contribution >= 0.6 is 11.8 Å². The summed E-state index contributed by atoms with van der Waals surface area (Å²) in [5, 5.41) is 14.4. The number of aromatic nitrogens is 3. The minimum atomic E-state index is -2.97. The first-order valence-corrected chi connectivity index (χ1v) is 11.2. The number of nitrogens with zero attached hydrogens (tertiary/aromatic N) is 3. The summed E-state index contributed by atoms with van der Waals surface area (Å²) in [6.45, 7) is 1.74. The number of amides is 3. The van der Waals surface area contributed by atoms with Crippen molar-refractivity contribution in [2.45, 2.75) is 42.9 Å². The number of carbonyl (C=O) groups is 3. The zero-order chi connectivity index (χ0) is 23.8. The van der Waals surface area contributed by atoms with Gasteiger partial charge in [-0.05, 0) is 37.1 Å². The number of rotatable bonds is 4. The molecule has 13 heteroatoms. The summed E-state index contributed by atoms with van der Waals surface area (Å²) in [6, 6.07) is 4.25. The number of aryl methyl sites for hydroxylation is 1. The van der Waals surface area contributed by atoms with Gasteiger partial charge in [-0.1, -0.05) is 0 Å². The molecule has 2 aliphatic rings. The first kappa shape index (κ1) is 23.1. The average molecular weight is 482 g/mol. The van der Waals surface area contributed by atoms with Gasteiger partial charge in [0.05, 0.1) is 22.9 Å². The van der Waals surface area contributed by atoms with Crippen LogP contribution in [0.1, 0.15) is 30.5 Å². The molecule has 1 saturated heterocycles. The minimum absolute atomic E-state index is 0.0832. The lowest BCUT2D eigenvalue weighted by atomic mass is 9.71. The normalized spacial score (nSPS) is 21.1. The van der Waals surface area contributed by atoms with Crippen LogP contribution in [0.3, 0.4) is 0 Å². The maximum absolute atomic E-state index is 13.6. The summed E-state index contributed by atoms with van der Waals surface area (Å²) in [5.74, 6) is -5.43. The highest BCUT2D eigenvalue weighted by molar-refractivity contribution is 8.00. The SMILES string of the molecule is Cc1cc(NC(=O)[C@H]2CCN(C(=O)C(=O)NC3(c4cn[nH]n4)CC(F)(F)C3)CS2)ccc1F. The van der Waals surface area contributed by atoms with Crippen molar-refractivity contribution in [3.8, 4) is 0 Å². The topological polar surface area (TPSA) is 120 Å². The molecule has 1 atom stereocenters. The zero-order valence-corrected chi connectivity index (χ0v) is 18.3. The fourth-order valence-corrected chi connectivity index (χ4v) is 5.01. The fraction of sp³-hybridized carbons (Fsp3) is 0.450. The van der Waals surface area contributed by atoms with Crippen molar-refractivity contribution in [1.29, 1.82) is 0 Å².